The summed E-state index contributed by atoms with van der Waals surface area (Å²) in [6.07, 6.45) is 2.05. The van der Waals surface area contributed by atoms with Crippen LogP contribution in [-0.2, 0) is 10.0 Å². The number of anilines is 1. The van der Waals surface area contributed by atoms with Crippen LogP contribution in [0, 0.1) is 0 Å². The molecule has 8 heteroatoms. The van der Waals surface area contributed by atoms with Gasteiger partial charge in [0.2, 0.25) is 10.0 Å². The maximum Gasteiger partial charge on any atom is 0.233 e. The second-order valence-corrected chi connectivity index (χ2v) is 5.88. The SMILES string of the molecule is NCCCS(=O)(=O)Nc1ccnn1C1CNC1. The van der Waals surface area contributed by atoms with Crippen LogP contribution in [0.1, 0.15) is 12.5 Å². The predicted molar refractivity (Wildman–Crippen MR) is 65.2 cm³/mol. The monoisotopic (exact) mass is 259 g/mol. The number of aromatic nitrogens is 2. The highest BCUT2D eigenvalue weighted by atomic mass is 32.2. The van der Waals surface area contributed by atoms with Gasteiger partial charge in [0.25, 0.3) is 0 Å². The lowest BCUT2D eigenvalue weighted by Gasteiger charge is -2.28. The maximum atomic E-state index is 11.7. The number of nitrogens with one attached hydrogen (secondary N) is 2. The van der Waals surface area contributed by atoms with Gasteiger partial charge in [-0.05, 0) is 13.0 Å². The normalized spacial score (nSPS) is 16.8. The molecule has 1 saturated heterocycles. The third-order valence-corrected chi connectivity index (χ3v) is 4.00. The summed E-state index contributed by atoms with van der Waals surface area (Å²) in [7, 11) is -3.32. The van der Waals surface area contributed by atoms with Gasteiger partial charge in [0, 0.05) is 19.2 Å². The zero-order valence-electron chi connectivity index (χ0n) is 9.46. The third kappa shape index (κ3) is 2.96. The molecule has 0 unspecified atom stereocenters. The first-order chi connectivity index (χ1) is 8.12. The topological polar surface area (TPSA) is 102 Å². The summed E-state index contributed by atoms with van der Waals surface area (Å²) in [5.41, 5.74) is 5.30. The lowest BCUT2D eigenvalue weighted by molar-refractivity contribution is 0.322. The van der Waals surface area contributed by atoms with Crippen LogP contribution >= 0.6 is 0 Å². The summed E-state index contributed by atoms with van der Waals surface area (Å²) in [5, 5.41) is 7.25. The number of rotatable bonds is 6. The van der Waals surface area contributed by atoms with Crippen LogP contribution in [0.2, 0.25) is 0 Å². The summed E-state index contributed by atoms with van der Waals surface area (Å²) in [6.45, 7) is 2.01. The van der Waals surface area contributed by atoms with Crippen LogP contribution in [0.3, 0.4) is 0 Å². The second kappa shape index (κ2) is 5.03. The minimum absolute atomic E-state index is 0.0393. The van der Waals surface area contributed by atoms with Crippen LogP contribution in [-0.4, -0.2) is 43.6 Å². The molecule has 0 spiro atoms. The van der Waals surface area contributed by atoms with E-state index in [4.69, 9.17) is 5.73 Å². The van der Waals surface area contributed by atoms with Crippen molar-refractivity contribution in [1.29, 1.82) is 0 Å². The molecule has 96 valence electrons. The van der Waals surface area contributed by atoms with E-state index >= 15 is 0 Å². The Morgan fingerprint density at radius 1 is 1.59 bits per heavy atom. The van der Waals surface area contributed by atoms with Crippen LogP contribution in [0.4, 0.5) is 5.82 Å². The van der Waals surface area contributed by atoms with Crippen LogP contribution in [0.25, 0.3) is 0 Å². The summed E-state index contributed by atoms with van der Waals surface area (Å²) in [6, 6.07) is 1.90. The lowest BCUT2D eigenvalue weighted by Crippen LogP contribution is -2.44. The summed E-state index contributed by atoms with van der Waals surface area (Å²) in [5.74, 6) is 0.561. The summed E-state index contributed by atoms with van der Waals surface area (Å²) >= 11 is 0. The molecule has 17 heavy (non-hydrogen) atoms. The standard InChI is InChI=1S/C9H17N5O2S/c10-3-1-5-17(15,16)13-9-2-4-12-14(9)8-6-11-7-8/h2,4,8,11,13H,1,3,5-7,10H2. The molecule has 0 radical (unpaired) electrons. The van der Waals surface area contributed by atoms with Crippen molar-refractivity contribution < 1.29 is 8.42 Å². The Morgan fingerprint density at radius 3 is 2.94 bits per heavy atom. The molecule has 2 rings (SSSR count). The quantitative estimate of drug-likeness (QED) is 0.615. The molecule has 0 atom stereocenters. The molecule has 0 aromatic carbocycles. The summed E-state index contributed by atoms with van der Waals surface area (Å²) in [4.78, 5) is 0. The zero-order valence-corrected chi connectivity index (χ0v) is 10.3. The van der Waals surface area contributed by atoms with E-state index < -0.39 is 10.0 Å². The van der Waals surface area contributed by atoms with E-state index in [9.17, 15) is 8.42 Å². The van der Waals surface area contributed by atoms with Gasteiger partial charge in [0.05, 0.1) is 18.0 Å². The Balaban J connectivity index is 2.05. The smallest absolute Gasteiger partial charge is 0.233 e. The number of sulfonamides is 1. The van der Waals surface area contributed by atoms with Crippen LogP contribution < -0.4 is 15.8 Å². The van der Waals surface area contributed by atoms with E-state index in [2.05, 4.69) is 15.1 Å². The zero-order chi connectivity index (χ0) is 12.3. The first-order valence-corrected chi connectivity index (χ1v) is 7.22. The Kier molecular flexibility index (Phi) is 3.65. The average Bonchev–Trinajstić information content (AvgIpc) is 2.60. The molecule has 7 nitrogen and oxygen atoms in total. The van der Waals surface area contributed by atoms with Crippen molar-refractivity contribution in [2.24, 2.45) is 5.73 Å². The highest BCUT2D eigenvalue weighted by Crippen LogP contribution is 2.18. The fourth-order valence-electron chi connectivity index (χ4n) is 1.62. The lowest BCUT2D eigenvalue weighted by atomic mass is 10.2. The van der Waals surface area contributed by atoms with Crippen LogP contribution in [0.5, 0.6) is 0 Å². The predicted octanol–water partition coefficient (Wildman–Crippen LogP) is -0.882. The van der Waals surface area contributed by atoms with Crippen molar-refractivity contribution in [2.45, 2.75) is 12.5 Å². The molecule has 1 fully saturated rings. The molecule has 4 N–H and O–H groups in total. The van der Waals surface area contributed by atoms with Gasteiger partial charge >= 0.3 is 0 Å². The molecule has 0 saturated carbocycles. The highest BCUT2D eigenvalue weighted by Gasteiger charge is 2.23. The molecule has 0 aliphatic carbocycles. The Hall–Kier alpha value is -1.12. The molecule has 1 aromatic heterocycles. The fraction of sp³-hybridized carbons (Fsp3) is 0.667. The largest absolute Gasteiger partial charge is 0.330 e. The van der Waals surface area contributed by atoms with Crippen molar-refractivity contribution >= 4 is 15.8 Å². The van der Waals surface area contributed by atoms with E-state index in [1.54, 1.807) is 16.9 Å². The number of hydrogen-bond donors (Lipinski definition) is 3. The molecule has 0 bridgehead atoms. The van der Waals surface area contributed by atoms with Gasteiger partial charge < -0.3 is 11.1 Å². The molecule has 0 amide bonds. The first-order valence-electron chi connectivity index (χ1n) is 5.57. The van der Waals surface area contributed by atoms with Crippen molar-refractivity contribution in [3.8, 4) is 0 Å². The molecular weight excluding hydrogens is 242 g/mol. The maximum absolute atomic E-state index is 11.7. The van der Waals surface area contributed by atoms with Gasteiger partial charge in [-0.3, -0.25) is 4.72 Å². The van der Waals surface area contributed by atoms with Crippen molar-refractivity contribution in [3.63, 3.8) is 0 Å². The summed E-state index contributed by atoms with van der Waals surface area (Å²) < 4.78 is 27.7. The molecular formula is C9H17N5O2S. The molecule has 1 aromatic rings. The fourth-order valence-corrected chi connectivity index (χ4v) is 2.75. The van der Waals surface area contributed by atoms with Gasteiger partial charge in [-0.1, -0.05) is 0 Å². The van der Waals surface area contributed by atoms with E-state index in [-0.39, 0.29) is 11.8 Å². The van der Waals surface area contributed by atoms with E-state index in [0.717, 1.165) is 13.1 Å². The average molecular weight is 259 g/mol. The minimum atomic E-state index is -3.32. The molecule has 2 heterocycles. The van der Waals surface area contributed by atoms with Crippen LogP contribution in [0.15, 0.2) is 12.3 Å². The van der Waals surface area contributed by atoms with E-state index in [0.29, 0.717) is 18.8 Å². The third-order valence-electron chi connectivity index (χ3n) is 2.65. The van der Waals surface area contributed by atoms with Crippen molar-refractivity contribution in [1.82, 2.24) is 15.1 Å². The second-order valence-electron chi connectivity index (χ2n) is 4.04. The first kappa shape index (κ1) is 12.3. The van der Waals surface area contributed by atoms with Crippen molar-refractivity contribution in [3.05, 3.63) is 12.3 Å². The van der Waals surface area contributed by atoms with Crippen molar-refractivity contribution in [2.75, 3.05) is 30.1 Å². The Morgan fingerprint density at radius 2 is 2.35 bits per heavy atom. The van der Waals surface area contributed by atoms with E-state index in [1.807, 2.05) is 0 Å². The number of nitrogens with two attached hydrogens (primary N) is 1. The number of hydrogen-bond acceptors (Lipinski definition) is 5. The molecule has 1 aliphatic heterocycles. The number of nitrogens with zero attached hydrogens (tertiary/aromatic N) is 2. The van der Waals surface area contributed by atoms with Gasteiger partial charge in [0.1, 0.15) is 5.82 Å². The Labute approximate surface area is 100 Å². The molecule has 1 aliphatic rings. The van der Waals surface area contributed by atoms with E-state index in [1.165, 1.54) is 0 Å². The van der Waals surface area contributed by atoms with Gasteiger partial charge in [-0.2, -0.15) is 5.10 Å². The van der Waals surface area contributed by atoms with Gasteiger partial charge in [-0.15, -0.1) is 0 Å². The van der Waals surface area contributed by atoms with Gasteiger partial charge in [0.15, 0.2) is 0 Å². The highest BCUT2D eigenvalue weighted by molar-refractivity contribution is 7.92. The van der Waals surface area contributed by atoms with Gasteiger partial charge in [-0.25, -0.2) is 13.1 Å². The minimum Gasteiger partial charge on any atom is -0.330 e. The Bertz CT molecular complexity index is 465.